The minimum absolute atomic E-state index is 0.142. The molecule has 0 bridgehead atoms. The number of benzene rings is 2. The van der Waals surface area contributed by atoms with Crippen LogP contribution in [0, 0.1) is 11.6 Å². The fourth-order valence-corrected chi connectivity index (χ4v) is 3.18. The van der Waals surface area contributed by atoms with Gasteiger partial charge in [-0.3, -0.25) is 9.69 Å². The minimum atomic E-state index is -0.476. The molecule has 1 aliphatic heterocycles. The van der Waals surface area contributed by atoms with Crippen LogP contribution in [0.1, 0.15) is 18.1 Å². The van der Waals surface area contributed by atoms with Gasteiger partial charge in [-0.1, -0.05) is 28.1 Å². The normalized spacial score (nSPS) is 17.9. The van der Waals surface area contributed by atoms with Gasteiger partial charge in [-0.15, -0.1) is 0 Å². The number of amides is 1. The van der Waals surface area contributed by atoms with Crippen molar-refractivity contribution < 1.29 is 18.3 Å². The number of ether oxygens (including phenoxy) is 1. The molecule has 0 aliphatic carbocycles. The molecule has 0 aromatic heterocycles. The summed E-state index contributed by atoms with van der Waals surface area (Å²) >= 11 is 3.18. The predicted molar refractivity (Wildman–Crippen MR) is 98.9 cm³/mol. The van der Waals surface area contributed by atoms with Crippen LogP contribution in [0.15, 0.2) is 46.9 Å². The van der Waals surface area contributed by atoms with Gasteiger partial charge in [0.2, 0.25) is 5.91 Å². The smallest absolute Gasteiger partial charge is 0.225 e. The number of nitrogens with zero attached hydrogens (tertiary/aromatic N) is 1. The molecule has 4 nitrogen and oxygen atoms in total. The van der Waals surface area contributed by atoms with E-state index in [1.54, 1.807) is 18.2 Å². The Bertz CT molecular complexity index is 771. The van der Waals surface area contributed by atoms with Crippen LogP contribution in [0.2, 0.25) is 0 Å². The molecule has 26 heavy (non-hydrogen) atoms. The summed E-state index contributed by atoms with van der Waals surface area (Å²) in [4.78, 5) is 14.2. The van der Waals surface area contributed by atoms with Crippen LogP contribution in [0.25, 0.3) is 0 Å². The molecule has 1 fully saturated rings. The van der Waals surface area contributed by atoms with Crippen molar-refractivity contribution in [1.82, 2.24) is 4.90 Å². The highest BCUT2D eigenvalue weighted by Gasteiger charge is 2.22. The number of hydrogen-bond acceptors (Lipinski definition) is 3. The third kappa shape index (κ3) is 5.09. The van der Waals surface area contributed by atoms with E-state index in [0.717, 1.165) is 12.1 Å². The molecule has 1 aliphatic rings. The number of rotatable bonds is 5. The van der Waals surface area contributed by atoms with E-state index in [1.165, 1.54) is 24.3 Å². The van der Waals surface area contributed by atoms with E-state index in [1.807, 2.05) is 0 Å². The molecule has 3 rings (SSSR count). The lowest BCUT2D eigenvalue weighted by Gasteiger charge is -2.33. The van der Waals surface area contributed by atoms with E-state index in [2.05, 4.69) is 26.1 Å². The molecule has 1 atom stereocenters. The fraction of sp³-hybridized carbons (Fsp3) is 0.316. The van der Waals surface area contributed by atoms with Crippen molar-refractivity contribution in [3.8, 4) is 0 Å². The summed E-state index contributed by atoms with van der Waals surface area (Å²) in [5, 5.41) is 2.59. The van der Waals surface area contributed by atoms with Gasteiger partial charge in [-0.05, 0) is 35.9 Å². The van der Waals surface area contributed by atoms with Gasteiger partial charge in [0.1, 0.15) is 11.6 Å². The first-order valence-corrected chi connectivity index (χ1v) is 9.15. The quantitative estimate of drug-likeness (QED) is 0.784. The van der Waals surface area contributed by atoms with Crippen LogP contribution in [-0.4, -0.2) is 37.0 Å². The van der Waals surface area contributed by atoms with Crippen LogP contribution in [0.3, 0.4) is 0 Å². The van der Waals surface area contributed by atoms with Gasteiger partial charge in [0.25, 0.3) is 0 Å². The van der Waals surface area contributed by atoms with Crippen molar-refractivity contribution in [3.63, 3.8) is 0 Å². The van der Waals surface area contributed by atoms with E-state index >= 15 is 0 Å². The SMILES string of the molecule is O=C(CCN1CCO[C@@H](c2ccc(F)cc2)C1)Nc1ccc(Br)cc1F. The van der Waals surface area contributed by atoms with Gasteiger partial charge in [-0.2, -0.15) is 0 Å². The van der Waals surface area contributed by atoms with Crippen molar-refractivity contribution in [3.05, 3.63) is 64.1 Å². The van der Waals surface area contributed by atoms with Gasteiger partial charge in [0.05, 0.1) is 18.4 Å². The topological polar surface area (TPSA) is 41.6 Å². The molecule has 2 aromatic carbocycles. The highest BCUT2D eigenvalue weighted by molar-refractivity contribution is 9.10. The molecule has 1 N–H and O–H groups in total. The molecule has 138 valence electrons. The van der Waals surface area contributed by atoms with Crippen LogP contribution in [0.4, 0.5) is 14.5 Å². The number of carbonyl (C=O) groups is 1. The maximum atomic E-state index is 13.8. The summed E-state index contributed by atoms with van der Waals surface area (Å²) < 4.78 is 33.2. The first kappa shape index (κ1) is 18.9. The summed E-state index contributed by atoms with van der Waals surface area (Å²) in [6.07, 6.45) is 0.113. The van der Waals surface area contributed by atoms with Gasteiger partial charge in [0, 0.05) is 30.5 Å². The zero-order chi connectivity index (χ0) is 18.5. The molecule has 2 aromatic rings. The Morgan fingerprint density at radius 3 is 2.73 bits per heavy atom. The maximum Gasteiger partial charge on any atom is 0.225 e. The highest BCUT2D eigenvalue weighted by Crippen LogP contribution is 2.23. The van der Waals surface area contributed by atoms with Gasteiger partial charge in [-0.25, -0.2) is 8.78 Å². The average Bonchev–Trinajstić information content (AvgIpc) is 2.63. The van der Waals surface area contributed by atoms with E-state index in [4.69, 9.17) is 4.74 Å². The number of halogens is 3. The Balaban J connectivity index is 1.50. The fourth-order valence-electron chi connectivity index (χ4n) is 2.85. The van der Waals surface area contributed by atoms with Crippen molar-refractivity contribution in [2.24, 2.45) is 0 Å². The maximum absolute atomic E-state index is 13.8. The molecule has 0 unspecified atom stereocenters. The molecule has 0 spiro atoms. The second-order valence-electron chi connectivity index (χ2n) is 6.13. The number of hydrogen-bond donors (Lipinski definition) is 1. The van der Waals surface area contributed by atoms with Gasteiger partial charge in [0.15, 0.2) is 0 Å². The third-order valence-electron chi connectivity index (χ3n) is 4.25. The monoisotopic (exact) mass is 424 g/mol. The summed E-state index contributed by atoms with van der Waals surface area (Å²) in [5.41, 5.74) is 1.09. The summed E-state index contributed by atoms with van der Waals surface area (Å²) in [6, 6.07) is 10.8. The van der Waals surface area contributed by atoms with Crippen LogP contribution >= 0.6 is 15.9 Å². The second-order valence-corrected chi connectivity index (χ2v) is 7.05. The number of anilines is 1. The summed E-state index contributed by atoms with van der Waals surface area (Å²) in [6.45, 7) is 2.44. The predicted octanol–water partition coefficient (Wildman–Crippen LogP) is 4.13. The van der Waals surface area contributed by atoms with E-state index in [0.29, 0.717) is 24.2 Å². The molecule has 0 saturated carbocycles. The van der Waals surface area contributed by atoms with Crippen LogP contribution < -0.4 is 5.32 Å². The molecular weight excluding hydrogens is 406 g/mol. The zero-order valence-electron chi connectivity index (χ0n) is 14.1. The lowest BCUT2D eigenvalue weighted by molar-refractivity contribution is -0.117. The zero-order valence-corrected chi connectivity index (χ0v) is 15.6. The Morgan fingerprint density at radius 1 is 1.23 bits per heavy atom. The van der Waals surface area contributed by atoms with Crippen molar-refractivity contribution in [2.45, 2.75) is 12.5 Å². The second kappa shape index (κ2) is 8.70. The van der Waals surface area contributed by atoms with Crippen LogP contribution in [0.5, 0.6) is 0 Å². The average molecular weight is 425 g/mol. The van der Waals surface area contributed by atoms with Crippen LogP contribution in [-0.2, 0) is 9.53 Å². The number of carbonyl (C=O) groups excluding carboxylic acids is 1. The summed E-state index contributed by atoms with van der Waals surface area (Å²) in [7, 11) is 0. The first-order chi connectivity index (χ1) is 12.5. The van der Waals surface area contributed by atoms with E-state index < -0.39 is 5.82 Å². The standard InChI is InChI=1S/C19H19BrF2N2O2/c20-14-3-6-17(16(22)11-14)23-19(25)7-8-24-9-10-26-18(12-24)13-1-4-15(21)5-2-13/h1-6,11,18H,7-10,12H2,(H,23,25)/t18-/m1/s1. The van der Waals surface area contributed by atoms with E-state index in [9.17, 15) is 13.6 Å². The Labute approximate surface area is 159 Å². The minimum Gasteiger partial charge on any atom is -0.371 e. The third-order valence-corrected chi connectivity index (χ3v) is 4.75. The number of morpholine rings is 1. The molecule has 0 radical (unpaired) electrons. The molecule has 7 heteroatoms. The van der Waals surface area contributed by atoms with E-state index in [-0.39, 0.29) is 29.9 Å². The summed E-state index contributed by atoms with van der Waals surface area (Å²) in [5.74, 6) is -0.996. The number of nitrogens with one attached hydrogen (secondary N) is 1. The molecule has 1 heterocycles. The molecular formula is C19H19BrF2N2O2. The molecule has 1 saturated heterocycles. The molecule has 1 amide bonds. The van der Waals surface area contributed by atoms with Crippen molar-refractivity contribution in [2.75, 3.05) is 31.6 Å². The Kier molecular flexibility index (Phi) is 6.34. The Morgan fingerprint density at radius 2 is 2.00 bits per heavy atom. The largest absolute Gasteiger partial charge is 0.371 e. The Hall–Kier alpha value is -1.83. The lowest BCUT2D eigenvalue weighted by atomic mass is 10.1. The highest BCUT2D eigenvalue weighted by atomic mass is 79.9. The lowest BCUT2D eigenvalue weighted by Crippen LogP contribution is -2.39. The van der Waals surface area contributed by atoms with Crippen molar-refractivity contribution in [1.29, 1.82) is 0 Å². The van der Waals surface area contributed by atoms with Gasteiger partial charge >= 0.3 is 0 Å². The first-order valence-electron chi connectivity index (χ1n) is 8.35. The van der Waals surface area contributed by atoms with Gasteiger partial charge < -0.3 is 10.1 Å². The van der Waals surface area contributed by atoms with Crippen molar-refractivity contribution >= 4 is 27.5 Å².